The summed E-state index contributed by atoms with van der Waals surface area (Å²) in [6.45, 7) is 2.89. The third-order valence-corrected chi connectivity index (χ3v) is 5.45. The van der Waals surface area contributed by atoms with E-state index < -0.39 is 0 Å². The van der Waals surface area contributed by atoms with E-state index in [0.29, 0.717) is 12.1 Å². The molecule has 5 heteroatoms. The number of likely N-dealkylation sites (tertiary alicyclic amines) is 1. The largest absolute Gasteiger partial charge is 0.497 e. The van der Waals surface area contributed by atoms with Crippen LogP contribution in [0.15, 0.2) is 53.7 Å². The van der Waals surface area contributed by atoms with E-state index in [0.717, 1.165) is 49.5 Å². The zero-order chi connectivity index (χ0) is 18.0. The van der Waals surface area contributed by atoms with Crippen LogP contribution in [0.25, 0.3) is 0 Å². The molecule has 2 aliphatic heterocycles. The summed E-state index contributed by atoms with van der Waals surface area (Å²) in [4.78, 5) is 2.46. The fourth-order valence-corrected chi connectivity index (χ4v) is 3.95. The van der Waals surface area contributed by atoms with E-state index in [1.165, 1.54) is 5.56 Å². The van der Waals surface area contributed by atoms with Crippen LogP contribution in [0.4, 0.5) is 0 Å². The fourth-order valence-electron chi connectivity index (χ4n) is 3.95. The zero-order valence-corrected chi connectivity index (χ0v) is 15.0. The average Bonchev–Trinajstić information content (AvgIpc) is 2.69. The highest BCUT2D eigenvalue weighted by Crippen LogP contribution is 2.41. The van der Waals surface area contributed by atoms with E-state index in [2.05, 4.69) is 34.3 Å². The first-order valence-electron chi connectivity index (χ1n) is 9.06. The number of fused-ring (bicyclic) bond motifs is 1. The minimum Gasteiger partial charge on any atom is -0.497 e. The van der Waals surface area contributed by atoms with Crippen LogP contribution >= 0.6 is 0 Å². The lowest BCUT2D eigenvalue weighted by Gasteiger charge is -2.44. The summed E-state index contributed by atoms with van der Waals surface area (Å²) < 4.78 is 11.8. The highest BCUT2D eigenvalue weighted by molar-refractivity contribution is 6.04. The molecule has 4 rings (SSSR count). The average molecular weight is 352 g/mol. The Morgan fingerprint density at radius 2 is 1.92 bits per heavy atom. The van der Waals surface area contributed by atoms with Gasteiger partial charge in [-0.1, -0.05) is 35.5 Å². The summed E-state index contributed by atoms with van der Waals surface area (Å²) in [5, 5.41) is 13.1. The molecule has 0 bridgehead atoms. The van der Waals surface area contributed by atoms with Crippen molar-refractivity contribution < 1.29 is 14.7 Å². The highest BCUT2D eigenvalue weighted by Gasteiger charge is 2.42. The van der Waals surface area contributed by atoms with Gasteiger partial charge in [0.05, 0.1) is 12.8 Å². The number of ether oxygens (including phenoxy) is 2. The first-order chi connectivity index (χ1) is 12.7. The van der Waals surface area contributed by atoms with Crippen molar-refractivity contribution in [1.82, 2.24) is 4.90 Å². The van der Waals surface area contributed by atoms with Gasteiger partial charge in [0, 0.05) is 50.5 Å². The summed E-state index contributed by atoms with van der Waals surface area (Å²) in [7, 11) is 1.64. The molecule has 0 saturated carbocycles. The number of piperidine rings is 1. The molecule has 0 atom stereocenters. The number of benzene rings is 2. The van der Waals surface area contributed by atoms with Gasteiger partial charge >= 0.3 is 0 Å². The standard InChI is InChI=1S/C21H24N2O3/c1-25-17-7-8-18-19(22-24)14-21(26-20(18)13-17)9-11-23(12-10-21)15-16-5-3-2-4-6-16/h2-8,13,24H,9-12,14-15H2,1H3/b22-19+. The van der Waals surface area contributed by atoms with Crippen molar-refractivity contribution >= 4 is 5.71 Å². The Morgan fingerprint density at radius 3 is 2.62 bits per heavy atom. The Morgan fingerprint density at radius 1 is 1.15 bits per heavy atom. The normalized spacial score (nSPS) is 20.6. The molecule has 5 nitrogen and oxygen atoms in total. The monoisotopic (exact) mass is 352 g/mol. The molecular formula is C21H24N2O3. The molecule has 2 heterocycles. The number of nitrogens with zero attached hydrogens (tertiary/aromatic N) is 2. The van der Waals surface area contributed by atoms with Crippen LogP contribution in [-0.4, -0.2) is 41.6 Å². The lowest BCUT2D eigenvalue weighted by atomic mass is 9.82. The number of hydrogen-bond donors (Lipinski definition) is 1. The van der Waals surface area contributed by atoms with E-state index in [4.69, 9.17) is 9.47 Å². The van der Waals surface area contributed by atoms with E-state index in [9.17, 15) is 5.21 Å². The van der Waals surface area contributed by atoms with Crippen molar-refractivity contribution in [1.29, 1.82) is 0 Å². The van der Waals surface area contributed by atoms with Crippen molar-refractivity contribution in [3.63, 3.8) is 0 Å². The summed E-state index contributed by atoms with van der Waals surface area (Å²) in [6.07, 6.45) is 2.47. The van der Waals surface area contributed by atoms with E-state index >= 15 is 0 Å². The molecule has 2 aliphatic rings. The first kappa shape index (κ1) is 16.9. The van der Waals surface area contributed by atoms with Gasteiger partial charge in [-0.2, -0.15) is 0 Å². The smallest absolute Gasteiger partial charge is 0.133 e. The van der Waals surface area contributed by atoms with Crippen LogP contribution in [0.2, 0.25) is 0 Å². The van der Waals surface area contributed by atoms with Crippen molar-refractivity contribution in [2.75, 3.05) is 20.2 Å². The maximum Gasteiger partial charge on any atom is 0.133 e. The van der Waals surface area contributed by atoms with Gasteiger partial charge in [-0.25, -0.2) is 0 Å². The highest BCUT2D eigenvalue weighted by atomic mass is 16.5. The summed E-state index contributed by atoms with van der Waals surface area (Å²) in [5.41, 5.74) is 2.59. The van der Waals surface area contributed by atoms with Gasteiger partial charge in [0.1, 0.15) is 17.1 Å². The molecule has 1 spiro atoms. The molecular weight excluding hydrogens is 328 g/mol. The quantitative estimate of drug-likeness (QED) is 0.676. The molecule has 2 aromatic rings. The Kier molecular flexibility index (Phi) is 4.55. The molecule has 0 aliphatic carbocycles. The molecule has 136 valence electrons. The van der Waals surface area contributed by atoms with Crippen LogP contribution in [0.1, 0.15) is 30.4 Å². The van der Waals surface area contributed by atoms with E-state index in [1.807, 2.05) is 24.3 Å². The molecule has 1 N–H and O–H groups in total. The minimum absolute atomic E-state index is 0.298. The van der Waals surface area contributed by atoms with Gasteiger partial charge in [-0.15, -0.1) is 0 Å². The number of hydrogen-bond acceptors (Lipinski definition) is 5. The van der Waals surface area contributed by atoms with Crippen molar-refractivity contribution in [2.24, 2.45) is 5.16 Å². The Bertz CT molecular complexity index is 796. The SMILES string of the molecule is COc1ccc2c(c1)OC1(CCN(Cc3ccccc3)CC1)C/C2=N\O. The third-order valence-electron chi connectivity index (χ3n) is 5.45. The second-order valence-electron chi connectivity index (χ2n) is 7.13. The molecule has 0 radical (unpaired) electrons. The zero-order valence-electron chi connectivity index (χ0n) is 15.0. The van der Waals surface area contributed by atoms with Crippen molar-refractivity contribution in [2.45, 2.75) is 31.4 Å². The third kappa shape index (κ3) is 3.27. The van der Waals surface area contributed by atoms with Crippen LogP contribution in [-0.2, 0) is 6.54 Å². The number of oxime groups is 1. The van der Waals surface area contributed by atoms with Crippen LogP contribution in [0.5, 0.6) is 11.5 Å². The van der Waals surface area contributed by atoms with Gasteiger partial charge in [0.15, 0.2) is 0 Å². The predicted octanol–water partition coefficient (Wildman–Crippen LogP) is 3.69. The fraction of sp³-hybridized carbons (Fsp3) is 0.381. The number of rotatable bonds is 3. The van der Waals surface area contributed by atoms with Gasteiger partial charge < -0.3 is 14.7 Å². The Hall–Kier alpha value is -2.53. The topological polar surface area (TPSA) is 54.3 Å². The summed E-state index contributed by atoms with van der Waals surface area (Å²) in [6, 6.07) is 16.2. The molecule has 0 unspecified atom stereocenters. The van der Waals surface area contributed by atoms with Gasteiger partial charge in [-0.05, 0) is 17.7 Å². The van der Waals surface area contributed by atoms with E-state index in [-0.39, 0.29) is 5.60 Å². The second-order valence-corrected chi connectivity index (χ2v) is 7.13. The lowest BCUT2D eigenvalue weighted by molar-refractivity contribution is 0.000301. The van der Waals surface area contributed by atoms with Crippen LogP contribution in [0, 0.1) is 0 Å². The second kappa shape index (κ2) is 7.00. The molecule has 26 heavy (non-hydrogen) atoms. The summed E-state index contributed by atoms with van der Waals surface area (Å²) >= 11 is 0. The van der Waals surface area contributed by atoms with Crippen molar-refractivity contribution in [3.8, 4) is 11.5 Å². The Balaban J connectivity index is 1.50. The lowest BCUT2D eigenvalue weighted by Crippen LogP contribution is -2.50. The predicted molar refractivity (Wildman–Crippen MR) is 100 cm³/mol. The maximum atomic E-state index is 9.52. The molecule has 0 aromatic heterocycles. The van der Waals surface area contributed by atoms with E-state index in [1.54, 1.807) is 7.11 Å². The van der Waals surface area contributed by atoms with Gasteiger partial charge in [0.25, 0.3) is 0 Å². The van der Waals surface area contributed by atoms with Gasteiger partial charge in [0.2, 0.25) is 0 Å². The molecule has 1 saturated heterocycles. The molecule has 2 aromatic carbocycles. The van der Waals surface area contributed by atoms with Crippen LogP contribution in [0.3, 0.4) is 0 Å². The minimum atomic E-state index is -0.298. The van der Waals surface area contributed by atoms with Crippen molar-refractivity contribution in [3.05, 3.63) is 59.7 Å². The molecule has 1 fully saturated rings. The summed E-state index contributed by atoms with van der Waals surface area (Å²) in [5.74, 6) is 1.50. The maximum absolute atomic E-state index is 9.52. The number of methoxy groups -OCH3 is 1. The Labute approximate surface area is 153 Å². The van der Waals surface area contributed by atoms with Gasteiger partial charge in [-0.3, -0.25) is 4.90 Å². The molecule has 0 amide bonds. The van der Waals surface area contributed by atoms with Crippen LogP contribution < -0.4 is 9.47 Å². The first-order valence-corrected chi connectivity index (χ1v) is 9.06.